The third kappa shape index (κ3) is 3.26. The van der Waals surface area contributed by atoms with E-state index in [1.54, 1.807) is 0 Å². The molecule has 104 valence electrons. The lowest BCUT2D eigenvalue weighted by molar-refractivity contribution is -0.139. The zero-order valence-electron chi connectivity index (χ0n) is 10.4. The predicted molar refractivity (Wildman–Crippen MR) is 69.0 cm³/mol. The summed E-state index contributed by atoms with van der Waals surface area (Å²) < 4.78 is 29.5. The number of hydrogen-bond donors (Lipinski definition) is 1. The molecule has 0 bridgehead atoms. The lowest BCUT2D eigenvalue weighted by Gasteiger charge is -2.11. The Balaban J connectivity index is 2.11. The Morgan fingerprint density at radius 3 is 2.32 bits per heavy atom. The minimum atomic E-state index is -3.26. The molecule has 0 atom stereocenters. The number of ether oxygens (including phenoxy) is 1. The van der Waals surface area contributed by atoms with Crippen molar-refractivity contribution in [2.24, 2.45) is 0 Å². The number of benzene rings is 1. The van der Waals surface area contributed by atoms with E-state index in [0.717, 1.165) is 25.7 Å². The van der Waals surface area contributed by atoms with Gasteiger partial charge in [0.25, 0.3) is 0 Å². The first-order valence-electron chi connectivity index (χ1n) is 6.19. The van der Waals surface area contributed by atoms with Crippen LogP contribution in [-0.2, 0) is 14.6 Å². The second-order valence-electron chi connectivity index (χ2n) is 4.61. The summed E-state index contributed by atoms with van der Waals surface area (Å²) >= 11 is 0. The summed E-state index contributed by atoms with van der Waals surface area (Å²) in [5.41, 5.74) is 0. The molecule has 0 saturated heterocycles. The van der Waals surface area contributed by atoms with Gasteiger partial charge in [-0.25, -0.2) is 13.2 Å². The van der Waals surface area contributed by atoms with Crippen molar-refractivity contribution in [3.63, 3.8) is 0 Å². The smallest absolute Gasteiger partial charge is 0.341 e. The Hall–Kier alpha value is -1.56. The van der Waals surface area contributed by atoms with Crippen molar-refractivity contribution in [1.82, 2.24) is 0 Å². The second kappa shape index (κ2) is 5.61. The molecular weight excluding hydrogens is 268 g/mol. The number of carboxylic acids is 1. The van der Waals surface area contributed by atoms with Crippen LogP contribution < -0.4 is 4.74 Å². The quantitative estimate of drug-likeness (QED) is 0.892. The minimum Gasteiger partial charge on any atom is -0.482 e. The standard InChI is InChI=1S/C13H16O5S/c14-13(15)9-18-10-5-7-12(8-6-10)19(16,17)11-3-1-2-4-11/h5-8,11H,1-4,9H2,(H,14,15). The average molecular weight is 284 g/mol. The number of carboxylic acid groups (broad SMARTS) is 1. The van der Waals surface area contributed by atoms with Crippen molar-refractivity contribution < 1.29 is 23.1 Å². The average Bonchev–Trinajstić information content (AvgIpc) is 2.91. The van der Waals surface area contributed by atoms with Gasteiger partial charge in [0, 0.05) is 0 Å². The van der Waals surface area contributed by atoms with Crippen LogP contribution >= 0.6 is 0 Å². The molecule has 0 amide bonds. The molecule has 0 radical (unpaired) electrons. The number of carbonyl (C=O) groups is 1. The van der Waals surface area contributed by atoms with E-state index >= 15 is 0 Å². The van der Waals surface area contributed by atoms with Gasteiger partial charge in [0.1, 0.15) is 5.75 Å². The van der Waals surface area contributed by atoms with Crippen LogP contribution in [0.3, 0.4) is 0 Å². The van der Waals surface area contributed by atoms with Gasteiger partial charge in [-0.3, -0.25) is 0 Å². The van der Waals surface area contributed by atoms with E-state index in [9.17, 15) is 13.2 Å². The van der Waals surface area contributed by atoms with Crippen LogP contribution in [0.4, 0.5) is 0 Å². The van der Waals surface area contributed by atoms with Gasteiger partial charge >= 0.3 is 5.97 Å². The topological polar surface area (TPSA) is 80.7 Å². The summed E-state index contributed by atoms with van der Waals surface area (Å²) in [6.07, 6.45) is 3.37. The zero-order valence-corrected chi connectivity index (χ0v) is 11.2. The van der Waals surface area contributed by atoms with E-state index in [2.05, 4.69) is 0 Å². The third-order valence-corrected chi connectivity index (χ3v) is 5.53. The van der Waals surface area contributed by atoms with Crippen LogP contribution in [0.5, 0.6) is 5.75 Å². The summed E-state index contributed by atoms with van der Waals surface area (Å²) in [5.74, 6) is -0.713. The van der Waals surface area contributed by atoms with Crippen molar-refractivity contribution in [3.05, 3.63) is 24.3 Å². The fraction of sp³-hybridized carbons (Fsp3) is 0.462. The minimum absolute atomic E-state index is 0.279. The summed E-state index contributed by atoms with van der Waals surface area (Å²) in [6, 6.07) is 5.94. The van der Waals surface area contributed by atoms with Crippen LogP contribution in [-0.4, -0.2) is 31.4 Å². The maximum atomic E-state index is 12.3. The SMILES string of the molecule is O=C(O)COc1ccc(S(=O)(=O)C2CCCC2)cc1. The van der Waals surface area contributed by atoms with Gasteiger partial charge < -0.3 is 9.84 Å². The summed E-state index contributed by atoms with van der Waals surface area (Å²) in [4.78, 5) is 10.6. The van der Waals surface area contributed by atoms with Crippen molar-refractivity contribution in [1.29, 1.82) is 0 Å². The molecule has 1 aliphatic rings. The number of aliphatic carboxylic acids is 1. The largest absolute Gasteiger partial charge is 0.482 e. The molecule has 0 aromatic heterocycles. The number of sulfone groups is 1. The molecule has 0 aliphatic heterocycles. The van der Waals surface area contributed by atoms with Crippen molar-refractivity contribution in [3.8, 4) is 5.75 Å². The molecule has 1 aromatic carbocycles. The van der Waals surface area contributed by atoms with Crippen molar-refractivity contribution >= 4 is 15.8 Å². The number of hydrogen-bond acceptors (Lipinski definition) is 4. The monoisotopic (exact) mass is 284 g/mol. The van der Waals surface area contributed by atoms with Crippen LogP contribution in [0.25, 0.3) is 0 Å². The van der Waals surface area contributed by atoms with Gasteiger partial charge in [-0.1, -0.05) is 12.8 Å². The van der Waals surface area contributed by atoms with E-state index in [1.165, 1.54) is 24.3 Å². The first-order valence-corrected chi connectivity index (χ1v) is 7.73. The lowest BCUT2D eigenvalue weighted by atomic mass is 10.3. The Kier molecular flexibility index (Phi) is 4.09. The molecule has 5 nitrogen and oxygen atoms in total. The molecule has 0 spiro atoms. The van der Waals surface area contributed by atoms with Crippen LogP contribution in [0.2, 0.25) is 0 Å². The van der Waals surface area contributed by atoms with Gasteiger partial charge in [-0.15, -0.1) is 0 Å². The molecule has 0 heterocycles. The molecule has 1 N–H and O–H groups in total. The Labute approximate surface area is 112 Å². The Morgan fingerprint density at radius 2 is 1.79 bits per heavy atom. The first-order chi connectivity index (χ1) is 9.00. The lowest BCUT2D eigenvalue weighted by Crippen LogP contribution is -2.17. The summed E-state index contributed by atoms with van der Waals surface area (Å²) in [6.45, 7) is -0.436. The van der Waals surface area contributed by atoms with E-state index in [4.69, 9.17) is 9.84 Å². The molecular formula is C13H16O5S. The number of rotatable bonds is 5. The van der Waals surface area contributed by atoms with Gasteiger partial charge in [0.2, 0.25) is 0 Å². The van der Waals surface area contributed by atoms with Crippen molar-refractivity contribution in [2.75, 3.05) is 6.61 Å². The highest BCUT2D eigenvalue weighted by molar-refractivity contribution is 7.92. The molecule has 19 heavy (non-hydrogen) atoms. The molecule has 1 saturated carbocycles. The highest BCUT2D eigenvalue weighted by atomic mass is 32.2. The maximum absolute atomic E-state index is 12.3. The van der Waals surface area contributed by atoms with E-state index in [0.29, 0.717) is 5.75 Å². The molecule has 1 aliphatic carbocycles. The molecule has 1 aromatic rings. The zero-order chi connectivity index (χ0) is 13.9. The molecule has 6 heteroatoms. The van der Waals surface area contributed by atoms with E-state index in [-0.39, 0.29) is 10.1 Å². The summed E-state index contributed by atoms with van der Waals surface area (Å²) in [7, 11) is -3.26. The van der Waals surface area contributed by atoms with E-state index < -0.39 is 22.4 Å². The fourth-order valence-corrected chi connectivity index (χ4v) is 4.12. The molecule has 1 fully saturated rings. The van der Waals surface area contributed by atoms with Gasteiger partial charge in [-0.05, 0) is 37.1 Å². The van der Waals surface area contributed by atoms with Crippen LogP contribution in [0.1, 0.15) is 25.7 Å². The normalized spacial score (nSPS) is 16.4. The van der Waals surface area contributed by atoms with Crippen LogP contribution in [0.15, 0.2) is 29.2 Å². The first kappa shape index (κ1) is 13.9. The Bertz CT molecular complexity index is 541. The maximum Gasteiger partial charge on any atom is 0.341 e. The second-order valence-corrected chi connectivity index (χ2v) is 6.83. The predicted octanol–water partition coefficient (Wildman–Crippen LogP) is 1.87. The molecule has 0 unspecified atom stereocenters. The van der Waals surface area contributed by atoms with Gasteiger partial charge in [0.15, 0.2) is 16.4 Å². The highest BCUT2D eigenvalue weighted by Gasteiger charge is 2.30. The molecule has 2 rings (SSSR count). The van der Waals surface area contributed by atoms with Crippen molar-refractivity contribution in [2.45, 2.75) is 35.8 Å². The summed E-state index contributed by atoms with van der Waals surface area (Å²) in [5, 5.41) is 8.20. The van der Waals surface area contributed by atoms with E-state index in [1.807, 2.05) is 0 Å². The third-order valence-electron chi connectivity index (χ3n) is 3.26. The van der Waals surface area contributed by atoms with Gasteiger partial charge in [-0.2, -0.15) is 0 Å². The van der Waals surface area contributed by atoms with Crippen LogP contribution in [0, 0.1) is 0 Å². The Morgan fingerprint density at radius 1 is 1.21 bits per heavy atom. The highest BCUT2D eigenvalue weighted by Crippen LogP contribution is 2.30. The van der Waals surface area contributed by atoms with Gasteiger partial charge in [0.05, 0.1) is 10.1 Å². The fourth-order valence-electron chi connectivity index (χ4n) is 2.26.